The van der Waals surface area contributed by atoms with Gasteiger partial charge in [0.25, 0.3) is 0 Å². The first-order valence-electron chi connectivity index (χ1n) is 7.27. The zero-order valence-electron chi connectivity index (χ0n) is 11.5. The van der Waals surface area contributed by atoms with Crippen LogP contribution in [0.4, 0.5) is 0 Å². The Kier molecular flexibility index (Phi) is 3.65. The van der Waals surface area contributed by atoms with Gasteiger partial charge >= 0.3 is 0 Å². The Bertz CT molecular complexity index is 521. The van der Waals surface area contributed by atoms with Crippen LogP contribution in [0.15, 0.2) is 48.5 Å². The maximum absolute atomic E-state index is 3.32. The van der Waals surface area contributed by atoms with Crippen LogP contribution >= 0.6 is 0 Å². The van der Waals surface area contributed by atoms with Crippen LogP contribution in [0.3, 0.4) is 0 Å². The Morgan fingerprint density at radius 3 is 1.95 bits per heavy atom. The molecule has 19 heavy (non-hydrogen) atoms. The number of nitrogens with one attached hydrogen (secondary N) is 1. The van der Waals surface area contributed by atoms with Gasteiger partial charge in [-0.1, -0.05) is 61.9 Å². The molecule has 2 aromatic rings. The van der Waals surface area contributed by atoms with E-state index in [0.29, 0.717) is 0 Å². The Balaban J connectivity index is 1.77. The fraction of sp³-hybridized carbons (Fsp3) is 0.333. The van der Waals surface area contributed by atoms with E-state index in [4.69, 9.17) is 0 Å². The molecular formula is C18H21N. The fourth-order valence-electron chi connectivity index (χ4n) is 2.62. The quantitative estimate of drug-likeness (QED) is 0.866. The molecule has 0 unspecified atom stereocenters. The van der Waals surface area contributed by atoms with Gasteiger partial charge in [-0.3, -0.25) is 0 Å². The van der Waals surface area contributed by atoms with Crippen molar-refractivity contribution >= 4 is 0 Å². The minimum absolute atomic E-state index is 0.723. The van der Waals surface area contributed by atoms with E-state index in [9.17, 15) is 0 Å². The molecule has 2 aromatic carbocycles. The smallest absolute Gasteiger partial charge is 0.00885 e. The second kappa shape index (κ2) is 5.58. The van der Waals surface area contributed by atoms with Crippen LogP contribution in [0, 0.1) is 0 Å². The second-order valence-corrected chi connectivity index (χ2v) is 5.42. The highest BCUT2D eigenvalue weighted by molar-refractivity contribution is 5.64. The van der Waals surface area contributed by atoms with Crippen LogP contribution in [0.5, 0.6) is 0 Å². The molecule has 0 atom stereocenters. The molecule has 0 aliphatic carbocycles. The predicted molar refractivity (Wildman–Crippen MR) is 81.5 cm³/mol. The van der Waals surface area contributed by atoms with Crippen LogP contribution in [0.1, 0.15) is 30.4 Å². The van der Waals surface area contributed by atoms with Gasteiger partial charge in [0, 0.05) is 19.0 Å². The van der Waals surface area contributed by atoms with Crippen molar-refractivity contribution in [1.29, 1.82) is 0 Å². The Labute approximate surface area is 115 Å². The van der Waals surface area contributed by atoms with Crippen molar-refractivity contribution in [2.24, 2.45) is 0 Å². The second-order valence-electron chi connectivity index (χ2n) is 5.42. The van der Waals surface area contributed by atoms with Gasteiger partial charge in [-0.05, 0) is 28.7 Å². The molecule has 0 bridgehead atoms. The number of rotatable bonds is 4. The molecule has 1 heteroatoms. The van der Waals surface area contributed by atoms with Gasteiger partial charge in [0.2, 0.25) is 0 Å². The SMILES string of the molecule is CCCc1ccc(-c2ccc(C3CNC3)cc2)cc1. The van der Waals surface area contributed by atoms with Gasteiger partial charge in [-0.25, -0.2) is 0 Å². The third-order valence-corrected chi connectivity index (χ3v) is 3.99. The lowest BCUT2D eigenvalue weighted by molar-refractivity contribution is 0.448. The summed E-state index contributed by atoms with van der Waals surface area (Å²) in [6, 6.07) is 18.0. The molecule has 1 N–H and O–H groups in total. The van der Waals surface area contributed by atoms with Crippen LogP contribution in [0.25, 0.3) is 11.1 Å². The Morgan fingerprint density at radius 1 is 0.895 bits per heavy atom. The summed E-state index contributed by atoms with van der Waals surface area (Å²) in [4.78, 5) is 0. The Morgan fingerprint density at radius 2 is 1.47 bits per heavy atom. The highest BCUT2D eigenvalue weighted by Gasteiger charge is 2.18. The van der Waals surface area contributed by atoms with E-state index in [1.54, 1.807) is 0 Å². The molecule has 0 aromatic heterocycles. The van der Waals surface area contributed by atoms with Gasteiger partial charge in [-0.15, -0.1) is 0 Å². The first-order chi connectivity index (χ1) is 9.36. The summed E-state index contributed by atoms with van der Waals surface area (Å²) in [7, 11) is 0. The van der Waals surface area contributed by atoms with Crippen LogP contribution < -0.4 is 5.32 Å². The molecule has 1 aliphatic heterocycles. The van der Waals surface area contributed by atoms with E-state index < -0.39 is 0 Å². The van der Waals surface area contributed by atoms with Crippen LogP contribution in [-0.2, 0) is 6.42 Å². The average molecular weight is 251 g/mol. The minimum Gasteiger partial charge on any atom is -0.315 e. The summed E-state index contributed by atoms with van der Waals surface area (Å²) in [5.41, 5.74) is 5.53. The van der Waals surface area contributed by atoms with E-state index in [1.807, 2.05) is 0 Å². The summed E-state index contributed by atoms with van der Waals surface area (Å²) in [5.74, 6) is 0.723. The topological polar surface area (TPSA) is 12.0 Å². The van der Waals surface area contributed by atoms with Crippen molar-refractivity contribution in [3.63, 3.8) is 0 Å². The summed E-state index contributed by atoms with van der Waals surface area (Å²) in [5, 5.41) is 3.32. The molecule has 98 valence electrons. The maximum atomic E-state index is 3.32. The summed E-state index contributed by atoms with van der Waals surface area (Å²) in [6.07, 6.45) is 2.39. The monoisotopic (exact) mass is 251 g/mol. The standard InChI is InChI=1S/C18H21N/c1-2-3-14-4-6-15(7-5-14)16-8-10-17(11-9-16)18-12-19-13-18/h4-11,18-19H,2-3,12-13H2,1H3. The Hall–Kier alpha value is -1.60. The predicted octanol–water partition coefficient (Wildman–Crippen LogP) is 3.99. The molecular weight excluding hydrogens is 230 g/mol. The molecule has 0 saturated carbocycles. The summed E-state index contributed by atoms with van der Waals surface area (Å²) < 4.78 is 0. The molecule has 1 nitrogen and oxygen atoms in total. The molecule has 0 amide bonds. The van der Waals surface area contributed by atoms with E-state index >= 15 is 0 Å². The van der Waals surface area contributed by atoms with Gasteiger partial charge < -0.3 is 5.32 Å². The fourth-order valence-corrected chi connectivity index (χ4v) is 2.62. The van der Waals surface area contributed by atoms with E-state index in [0.717, 1.165) is 19.0 Å². The first kappa shape index (κ1) is 12.4. The first-order valence-corrected chi connectivity index (χ1v) is 7.27. The van der Waals surface area contributed by atoms with Crippen molar-refractivity contribution in [2.45, 2.75) is 25.7 Å². The van der Waals surface area contributed by atoms with E-state index in [2.05, 4.69) is 60.8 Å². The highest BCUT2D eigenvalue weighted by Crippen LogP contribution is 2.25. The molecule has 1 aliphatic rings. The van der Waals surface area contributed by atoms with Crippen LogP contribution in [0.2, 0.25) is 0 Å². The van der Waals surface area contributed by atoms with E-state index in [-0.39, 0.29) is 0 Å². The number of benzene rings is 2. The molecule has 0 spiro atoms. The lowest BCUT2D eigenvalue weighted by atomic mass is 9.92. The lowest BCUT2D eigenvalue weighted by Crippen LogP contribution is -2.39. The van der Waals surface area contributed by atoms with Gasteiger partial charge in [0.05, 0.1) is 0 Å². The molecule has 1 fully saturated rings. The summed E-state index contributed by atoms with van der Waals surface area (Å²) >= 11 is 0. The van der Waals surface area contributed by atoms with Gasteiger partial charge in [0.15, 0.2) is 0 Å². The number of aryl methyl sites for hydroxylation is 1. The molecule has 1 saturated heterocycles. The molecule has 3 rings (SSSR count). The number of hydrogen-bond donors (Lipinski definition) is 1. The lowest BCUT2D eigenvalue weighted by Gasteiger charge is -2.27. The van der Waals surface area contributed by atoms with Crippen molar-refractivity contribution in [1.82, 2.24) is 5.32 Å². The van der Waals surface area contributed by atoms with Crippen molar-refractivity contribution in [2.75, 3.05) is 13.1 Å². The van der Waals surface area contributed by atoms with Crippen molar-refractivity contribution < 1.29 is 0 Å². The zero-order chi connectivity index (χ0) is 13.1. The molecule has 1 heterocycles. The highest BCUT2D eigenvalue weighted by atomic mass is 14.9. The van der Waals surface area contributed by atoms with Gasteiger partial charge in [0.1, 0.15) is 0 Å². The van der Waals surface area contributed by atoms with Crippen molar-refractivity contribution in [3.8, 4) is 11.1 Å². The van der Waals surface area contributed by atoms with Crippen LogP contribution in [-0.4, -0.2) is 13.1 Å². The minimum atomic E-state index is 0.723. The zero-order valence-corrected chi connectivity index (χ0v) is 11.5. The number of hydrogen-bond acceptors (Lipinski definition) is 1. The largest absolute Gasteiger partial charge is 0.315 e. The van der Waals surface area contributed by atoms with Crippen molar-refractivity contribution in [3.05, 3.63) is 59.7 Å². The maximum Gasteiger partial charge on any atom is 0.00885 e. The molecule has 0 radical (unpaired) electrons. The third kappa shape index (κ3) is 2.71. The summed E-state index contributed by atoms with van der Waals surface area (Å²) in [6.45, 7) is 4.48. The van der Waals surface area contributed by atoms with Gasteiger partial charge in [-0.2, -0.15) is 0 Å². The van der Waals surface area contributed by atoms with E-state index in [1.165, 1.54) is 35.1 Å². The third-order valence-electron chi connectivity index (χ3n) is 3.99. The normalized spacial score (nSPS) is 15.2. The average Bonchev–Trinajstić information content (AvgIpc) is 2.39.